The highest BCUT2D eigenvalue weighted by atomic mass is 15.1. The predicted molar refractivity (Wildman–Crippen MR) is 386 cm³/mol. The molecule has 0 fully saturated rings. The molecule has 0 saturated carbocycles. The fourth-order valence-corrected chi connectivity index (χ4v) is 13.4. The number of hydrogen-bond acceptors (Lipinski definition) is 6. The monoisotopic (exact) mass is 1200 g/mol. The second kappa shape index (κ2) is 23.4. The summed E-state index contributed by atoms with van der Waals surface area (Å²) in [5.41, 5.74) is 22.6. The summed E-state index contributed by atoms with van der Waals surface area (Å²) in [6.07, 6.45) is 0. The predicted octanol–water partition coefficient (Wildman–Crippen LogP) is 21.5. The molecule has 17 rings (SSSR count). The molecule has 0 aliphatic carbocycles. The minimum Gasteiger partial charge on any atom is -0.309 e. The smallest absolute Gasteiger partial charge is 0.166 e. The third-order valence-corrected chi connectivity index (χ3v) is 17.9. The molecule has 0 atom stereocenters. The Morgan fingerprint density at radius 1 is 0.191 bits per heavy atom. The zero-order valence-corrected chi connectivity index (χ0v) is 51.6. The summed E-state index contributed by atoms with van der Waals surface area (Å²) in [6.45, 7) is 4.29. The van der Waals surface area contributed by atoms with E-state index in [4.69, 9.17) is 29.9 Å². The number of nitrogens with zero attached hydrogens (tertiary/aromatic N) is 8. The molecule has 0 amide bonds. The summed E-state index contributed by atoms with van der Waals surface area (Å²) >= 11 is 0. The molecule has 0 N–H and O–H groups in total. The Labute approximate surface area is 544 Å². The standard InChI is InChI=1S/C86H58N8/c1-55-22-19-32-61(48-55)65-40-44-77-71(51-65)69-36-15-17-38-75(69)93(77)79-46-42-67(53-73(79)85-89-81(57-24-7-3-8-25-57)87-82(90-85)58-26-9-4-10-27-58)63-34-21-35-64(50-63)68-43-47-80(74(54-68)86-91-83(59-28-11-5-12-29-59)88-84(92-86)60-30-13-6-14-31-60)94-76-39-18-16-37-70(76)72-52-66(41-45-78(72)94)62-33-20-23-56(2)49-62/h3-54H,1-2H3. The van der Waals surface area contributed by atoms with Gasteiger partial charge in [0, 0.05) is 54.9 Å². The first-order valence-corrected chi connectivity index (χ1v) is 31.7. The van der Waals surface area contributed by atoms with Crippen molar-refractivity contribution in [1.82, 2.24) is 39.0 Å². The fraction of sp³-hybridized carbons (Fsp3) is 0.0233. The zero-order chi connectivity index (χ0) is 62.6. The molecule has 4 heterocycles. The Morgan fingerprint density at radius 2 is 0.468 bits per heavy atom. The maximum absolute atomic E-state index is 5.42. The second-order valence-electron chi connectivity index (χ2n) is 24.0. The van der Waals surface area contributed by atoms with Gasteiger partial charge in [-0.05, 0) is 125 Å². The van der Waals surface area contributed by atoms with E-state index in [-0.39, 0.29) is 0 Å². The highest BCUT2D eigenvalue weighted by Crippen LogP contribution is 2.43. The maximum Gasteiger partial charge on any atom is 0.166 e. The molecule has 8 nitrogen and oxygen atoms in total. The van der Waals surface area contributed by atoms with E-state index >= 15 is 0 Å². The number of fused-ring (bicyclic) bond motifs is 6. The first-order valence-electron chi connectivity index (χ1n) is 31.7. The Morgan fingerprint density at radius 3 is 0.840 bits per heavy atom. The van der Waals surface area contributed by atoms with Gasteiger partial charge < -0.3 is 9.13 Å². The summed E-state index contributed by atoms with van der Waals surface area (Å²) in [6, 6.07) is 112. The Kier molecular flexibility index (Phi) is 13.8. The average molecular weight is 1200 g/mol. The van der Waals surface area contributed by atoms with Crippen LogP contribution < -0.4 is 0 Å². The van der Waals surface area contributed by atoms with E-state index in [1.807, 2.05) is 72.8 Å². The minimum absolute atomic E-state index is 0.557. The van der Waals surface area contributed by atoms with Crippen molar-refractivity contribution in [2.24, 2.45) is 0 Å². The van der Waals surface area contributed by atoms with Crippen LogP contribution in [-0.2, 0) is 0 Å². The Hall–Kier alpha value is -12.5. The van der Waals surface area contributed by atoms with Gasteiger partial charge in [0.1, 0.15) is 0 Å². The molecular weight excluding hydrogens is 1150 g/mol. The molecule has 0 aliphatic heterocycles. The van der Waals surface area contributed by atoms with Crippen LogP contribution in [0.3, 0.4) is 0 Å². The van der Waals surface area contributed by atoms with Crippen LogP contribution in [0.25, 0.3) is 168 Å². The summed E-state index contributed by atoms with van der Waals surface area (Å²) in [4.78, 5) is 32.0. The molecule has 8 heteroatoms. The normalized spacial score (nSPS) is 11.5. The fourth-order valence-electron chi connectivity index (χ4n) is 13.4. The van der Waals surface area contributed by atoms with Gasteiger partial charge in [0.05, 0.1) is 33.4 Å². The maximum atomic E-state index is 5.42. The van der Waals surface area contributed by atoms with Crippen LogP contribution in [0.4, 0.5) is 0 Å². The van der Waals surface area contributed by atoms with Crippen molar-refractivity contribution in [1.29, 1.82) is 0 Å². The van der Waals surface area contributed by atoms with Crippen molar-refractivity contribution in [2.75, 3.05) is 0 Å². The topological polar surface area (TPSA) is 87.2 Å². The highest BCUT2D eigenvalue weighted by molar-refractivity contribution is 6.12. The average Bonchev–Trinajstić information content (AvgIpc) is 1.58. The van der Waals surface area contributed by atoms with Gasteiger partial charge in [-0.15, -0.1) is 0 Å². The largest absolute Gasteiger partial charge is 0.309 e. The van der Waals surface area contributed by atoms with Crippen LogP contribution in [0.2, 0.25) is 0 Å². The van der Waals surface area contributed by atoms with Crippen molar-refractivity contribution in [3.8, 4) is 124 Å². The van der Waals surface area contributed by atoms with Gasteiger partial charge in [0.15, 0.2) is 34.9 Å². The van der Waals surface area contributed by atoms with Crippen LogP contribution in [0, 0.1) is 13.8 Å². The quantitative estimate of drug-likeness (QED) is 0.121. The molecule has 0 radical (unpaired) electrons. The molecule has 0 saturated heterocycles. The van der Waals surface area contributed by atoms with Gasteiger partial charge in [0.2, 0.25) is 0 Å². The van der Waals surface area contributed by atoms with Crippen molar-refractivity contribution < 1.29 is 0 Å². The van der Waals surface area contributed by atoms with Crippen LogP contribution in [0.5, 0.6) is 0 Å². The minimum atomic E-state index is 0.557. The van der Waals surface area contributed by atoms with Gasteiger partial charge >= 0.3 is 0 Å². The lowest BCUT2D eigenvalue weighted by atomic mass is 9.95. The van der Waals surface area contributed by atoms with Crippen molar-refractivity contribution in [3.63, 3.8) is 0 Å². The van der Waals surface area contributed by atoms with Crippen LogP contribution in [0.15, 0.2) is 315 Å². The van der Waals surface area contributed by atoms with E-state index < -0.39 is 0 Å². The zero-order valence-electron chi connectivity index (χ0n) is 51.6. The van der Waals surface area contributed by atoms with E-state index in [1.165, 1.54) is 22.3 Å². The van der Waals surface area contributed by atoms with Crippen molar-refractivity contribution >= 4 is 43.6 Å². The molecule has 0 unspecified atom stereocenters. The first kappa shape index (κ1) is 55.5. The van der Waals surface area contributed by atoms with Gasteiger partial charge in [-0.2, -0.15) is 0 Å². The second-order valence-corrected chi connectivity index (χ2v) is 24.0. The molecule has 94 heavy (non-hydrogen) atoms. The van der Waals surface area contributed by atoms with Crippen LogP contribution in [0.1, 0.15) is 11.1 Å². The molecule has 0 bridgehead atoms. The highest BCUT2D eigenvalue weighted by Gasteiger charge is 2.24. The summed E-state index contributed by atoms with van der Waals surface area (Å²) in [5.74, 6) is 3.47. The molecule has 0 aliphatic rings. The number of para-hydroxylation sites is 2. The molecule has 4 aromatic heterocycles. The summed E-state index contributed by atoms with van der Waals surface area (Å²) < 4.78 is 4.76. The van der Waals surface area contributed by atoms with Crippen LogP contribution in [-0.4, -0.2) is 39.0 Å². The molecule has 13 aromatic carbocycles. The molecule has 442 valence electrons. The number of aryl methyl sites for hydroxylation is 2. The van der Waals surface area contributed by atoms with Gasteiger partial charge in [-0.1, -0.05) is 260 Å². The Bertz CT molecular complexity index is 5290. The lowest BCUT2D eigenvalue weighted by Gasteiger charge is -2.17. The first-order chi connectivity index (χ1) is 46.4. The van der Waals surface area contributed by atoms with E-state index in [9.17, 15) is 0 Å². The van der Waals surface area contributed by atoms with Gasteiger partial charge in [-0.25, -0.2) is 29.9 Å². The summed E-state index contributed by atoms with van der Waals surface area (Å²) in [7, 11) is 0. The molecule has 17 aromatic rings. The lowest BCUT2D eigenvalue weighted by molar-refractivity contribution is 1.06. The van der Waals surface area contributed by atoms with Crippen LogP contribution >= 0.6 is 0 Å². The van der Waals surface area contributed by atoms with E-state index in [0.717, 1.165) is 122 Å². The Balaban J connectivity index is 0.870. The number of benzene rings is 13. The summed E-state index contributed by atoms with van der Waals surface area (Å²) in [5, 5.41) is 4.62. The molecular formula is C86H58N8. The van der Waals surface area contributed by atoms with E-state index in [1.54, 1.807) is 0 Å². The SMILES string of the molecule is Cc1cccc(-c2ccc3c(c2)c2ccccc2n3-c2ccc(-c3cccc(-c4ccc(-n5c6ccccc6c6cc(-c7cccc(C)c7)ccc65)c(-c5nc(-c6ccccc6)nc(-c6ccccc6)n5)c4)c3)cc2-c2nc(-c3ccccc3)nc(-c3ccccc3)n2)c1. The van der Waals surface area contributed by atoms with Crippen molar-refractivity contribution in [3.05, 3.63) is 327 Å². The van der Waals surface area contributed by atoms with E-state index in [0.29, 0.717) is 34.9 Å². The van der Waals surface area contributed by atoms with Gasteiger partial charge in [-0.3, -0.25) is 0 Å². The van der Waals surface area contributed by atoms with E-state index in [2.05, 4.69) is 266 Å². The van der Waals surface area contributed by atoms with Crippen molar-refractivity contribution in [2.45, 2.75) is 13.8 Å². The molecule has 0 spiro atoms. The lowest BCUT2D eigenvalue weighted by Crippen LogP contribution is -2.04. The van der Waals surface area contributed by atoms with Gasteiger partial charge in [0.25, 0.3) is 0 Å². The third-order valence-electron chi connectivity index (χ3n) is 17.9. The third kappa shape index (κ3) is 10.2. The number of rotatable bonds is 12. The number of aromatic nitrogens is 8. The number of hydrogen-bond donors (Lipinski definition) is 0.